The summed E-state index contributed by atoms with van der Waals surface area (Å²) in [4.78, 5) is 10.2. The lowest BCUT2D eigenvalue weighted by molar-refractivity contribution is -0.386. The minimum Gasteiger partial charge on any atom is -0.375 e. The molecule has 8 nitrogen and oxygen atoms in total. The predicted octanol–water partition coefficient (Wildman–Crippen LogP) is 3.81. The fraction of sp³-hybridized carbons (Fsp3) is 0.167. The van der Waals surface area contributed by atoms with Crippen molar-refractivity contribution in [2.75, 3.05) is 11.6 Å². The standard InChI is InChI=1S/C18H15F3N4O4S/c1-30(28,29)15-4-2-3-14(17(15)25(26)27)22-11-12-5-7-13(8-6-12)24-10-9-16(23-24)18(19,20)21/h2-10,22H,11H2,1H3. The molecule has 0 saturated heterocycles. The molecule has 0 radical (unpaired) electrons. The Bertz CT molecular complexity index is 1190. The van der Waals surface area contributed by atoms with Gasteiger partial charge in [-0.15, -0.1) is 0 Å². The van der Waals surface area contributed by atoms with E-state index in [0.717, 1.165) is 23.1 Å². The summed E-state index contributed by atoms with van der Waals surface area (Å²) in [5.41, 5.74) is -0.451. The molecule has 0 aliphatic heterocycles. The van der Waals surface area contributed by atoms with Crippen LogP contribution in [0.1, 0.15) is 11.3 Å². The maximum absolute atomic E-state index is 12.7. The van der Waals surface area contributed by atoms with E-state index in [1.165, 1.54) is 18.3 Å². The second-order valence-corrected chi connectivity index (χ2v) is 8.33. The number of nitrogens with one attached hydrogen (secondary N) is 1. The van der Waals surface area contributed by atoms with Gasteiger partial charge in [0.25, 0.3) is 0 Å². The molecule has 0 unspecified atom stereocenters. The molecule has 0 saturated carbocycles. The maximum atomic E-state index is 12.7. The molecule has 0 bridgehead atoms. The first kappa shape index (κ1) is 21.3. The van der Waals surface area contributed by atoms with E-state index < -0.39 is 37.2 Å². The van der Waals surface area contributed by atoms with Gasteiger partial charge in [0.1, 0.15) is 10.6 Å². The van der Waals surface area contributed by atoms with Gasteiger partial charge in [0.2, 0.25) is 0 Å². The molecule has 2 aromatic carbocycles. The van der Waals surface area contributed by atoms with Crippen LogP contribution in [0, 0.1) is 10.1 Å². The third-order valence-corrected chi connectivity index (χ3v) is 5.27. The van der Waals surface area contributed by atoms with Crippen LogP contribution in [0.3, 0.4) is 0 Å². The third kappa shape index (κ3) is 4.59. The van der Waals surface area contributed by atoms with E-state index in [0.29, 0.717) is 11.3 Å². The van der Waals surface area contributed by atoms with E-state index >= 15 is 0 Å². The summed E-state index contributed by atoms with van der Waals surface area (Å²) >= 11 is 0. The number of hydrogen-bond donors (Lipinski definition) is 1. The average Bonchev–Trinajstić information content (AvgIpc) is 3.16. The molecule has 0 aliphatic carbocycles. The summed E-state index contributed by atoms with van der Waals surface area (Å²) in [6.45, 7) is 0.126. The molecule has 3 aromatic rings. The Morgan fingerprint density at radius 1 is 1.13 bits per heavy atom. The molecule has 0 atom stereocenters. The quantitative estimate of drug-likeness (QED) is 0.461. The zero-order valence-corrected chi connectivity index (χ0v) is 16.2. The number of rotatable bonds is 6. The van der Waals surface area contributed by atoms with Crippen LogP contribution in [0.2, 0.25) is 0 Å². The van der Waals surface area contributed by atoms with Crippen molar-refractivity contribution in [1.29, 1.82) is 0 Å². The third-order valence-electron chi connectivity index (χ3n) is 4.14. The van der Waals surface area contributed by atoms with Crippen molar-refractivity contribution in [1.82, 2.24) is 9.78 Å². The Balaban J connectivity index is 1.79. The largest absolute Gasteiger partial charge is 0.435 e. The Morgan fingerprint density at radius 2 is 1.80 bits per heavy atom. The lowest BCUT2D eigenvalue weighted by atomic mass is 10.2. The normalized spacial score (nSPS) is 12.0. The number of benzene rings is 2. The Labute approximate surface area is 169 Å². The molecule has 1 aromatic heterocycles. The van der Waals surface area contributed by atoms with E-state index in [-0.39, 0.29) is 12.2 Å². The van der Waals surface area contributed by atoms with Crippen LogP contribution in [-0.2, 0) is 22.6 Å². The van der Waals surface area contributed by atoms with E-state index in [1.807, 2.05) is 0 Å². The zero-order valence-electron chi connectivity index (χ0n) is 15.4. The Kier molecular flexibility index (Phi) is 5.53. The van der Waals surface area contributed by atoms with Crippen LogP contribution in [0.4, 0.5) is 24.5 Å². The summed E-state index contributed by atoms with van der Waals surface area (Å²) in [5.74, 6) is 0. The van der Waals surface area contributed by atoms with Gasteiger partial charge in [-0.05, 0) is 35.9 Å². The first-order valence-electron chi connectivity index (χ1n) is 8.40. The molecule has 30 heavy (non-hydrogen) atoms. The zero-order chi connectivity index (χ0) is 22.1. The van der Waals surface area contributed by atoms with E-state index in [2.05, 4.69) is 10.4 Å². The van der Waals surface area contributed by atoms with Crippen molar-refractivity contribution in [3.63, 3.8) is 0 Å². The number of nitrogens with zero attached hydrogens (tertiary/aromatic N) is 3. The molecule has 0 aliphatic rings. The van der Waals surface area contributed by atoms with Gasteiger partial charge in [-0.2, -0.15) is 18.3 Å². The highest BCUT2D eigenvalue weighted by Crippen LogP contribution is 2.32. The highest BCUT2D eigenvalue weighted by Gasteiger charge is 2.33. The van der Waals surface area contributed by atoms with Gasteiger partial charge in [-0.3, -0.25) is 10.1 Å². The smallest absolute Gasteiger partial charge is 0.375 e. The minimum atomic E-state index is -4.54. The van der Waals surface area contributed by atoms with Crippen molar-refractivity contribution in [3.8, 4) is 5.69 Å². The van der Waals surface area contributed by atoms with Gasteiger partial charge >= 0.3 is 11.9 Å². The lowest BCUT2D eigenvalue weighted by Crippen LogP contribution is -2.08. The van der Waals surface area contributed by atoms with Crippen molar-refractivity contribution < 1.29 is 26.5 Å². The van der Waals surface area contributed by atoms with Gasteiger partial charge in [0.15, 0.2) is 15.5 Å². The van der Waals surface area contributed by atoms with Gasteiger partial charge in [0, 0.05) is 19.0 Å². The molecule has 1 heterocycles. The molecule has 3 rings (SSSR count). The van der Waals surface area contributed by atoms with Crippen molar-refractivity contribution in [2.45, 2.75) is 17.6 Å². The summed E-state index contributed by atoms with van der Waals surface area (Å²) < 4.78 is 62.7. The van der Waals surface area contributed by atoms with Crippen LogP contribution < -0.4 is 5.32 Å². The number of halogens is 3. The molecule has 0 spiro atoms. The molecule has 1 N–H and O–H groups in total. The minimum absolute atomic E-state index is 0.0360. The number of anilines is 1. The van der Waals surface area contributed by atoms with Crippen LogP contribution in [-0.4, -0.2) is 29.4 Å². The van der Waals surface area contributed by atoms with Crippen LogP contribution in [0.25, 0.3) is 5.69 Å². The van der Waals surface area contributed by atoms with Gasteiger partial charge in [-0.1, -0.05) is 18.2 Å². The molecular weight excluding hydrogens is 425 g/mol. The van der Waals surface area contributed by atoms with E-state index in [1.54, 1.807) is 24.3 Å². The Hall–Kier alpha value is -3.41. The highest BCUT2D eigenvalue weighted by atomic mass is 32.2. The molecular formula is C18H15F3N4O4S. The van der Waals surface area contributed by atoms with Crippen LogP contribution >= 0.6 is 0 Å². The SMILES string of the molecule is CS(=O)(=O)c1cccc(NCc2ccc(-n3ccc(C(F)(F)F)n3)cc2)c1[N+](=O)[O-]. The summed E-state index contributed by atoms with van der Waals surface area (Å²) in [6.07, 6.45) is -2.46. The number of nitro benzene ring substituents is 1. The molecule has 0 amide bonds. The van der Waals surface area contributed by atoms with Crippen LogP contribution in [0.5, 0.6) is 0 Å². The number of para-hydroxylation sites is 1. The second-order valence-electron chi connectivity index (χ2n) is 6.34. The van der Waals surface area contributed by atoms with Gasteiger partial charge in [0.05, 0.1) is 10.6 Å². The number of nitro groups is 1. The number of hydrogen-bond acceptors (Lipinski definition) is 6. The first-order chi connectivity index (χ1) is 14.0. The molecule has 0 fully saturated rings. The average molecular weight is 440 g/mol. The van der Waals surface area contributed by atoms with Gasteiger partial charge in [-0.25, -0.2) is 13.1 Å². The number of aromatic nitrogens is 2. The van der Waals surface area contributed by atoms with Crippen LogP contribution in [0.15, 0.2) is 59.6 Å². The summed E-state index contributed by atoms with van der Waals surface area (Å²) in [5, 5.41) is 17.7. The van der Waals surface area contributed by atoms with E-state index in [9.17, 15) is 31.7 Å². The van der Waals surface area contributed by atoms with Crippen molar-refractivity contribution >= 4 is 21.2 Å². The topological polar surface area (TPSA) is 107 Å². The van der Waals surface area contributed by atoms with E-state index in [4.69, 9.17) is 0 Å². The number of sulfone groups is 1. The molecule has 158 valence electrons. The van der Waals surface area contributed by atoms with Gasteiger partial charge < -0.3 is 5.32 Å². The first-order valence-corrected chi connectivity index (χ1v) is 10.3. The van der Waals surface area contributed by atoms with Crippen molar-refractivity contribution in [2.24, 2.45) is 0 Å². The predicted molar refractivity (Wildman–Crippen MR) is 102 cm³/mol. The fourth-order valence-electron chi connectivity index (χ4n) is 2.74. The number of alkyl halides is 3. The maximum Gasteiger partial charge on any atom is 0.435 e. The lowest BCUT2D eigenvalue weighted by Gasteiger charge is -2.10. The fourth-order valence-corrected chi connectivity index (χ4v) is 3.60. The second kappa shape index (κ2) is 7.78. The van der Waals surface area contributed by atoms with Crippen molar-refractivity contribution in [3.05, 3.63) is 76.1 Å². The summed E-state index contributed by atoms with van der Waals surface area (Å²) in [7, 11) is -3.80. The monoisotopic (exact) mass is 440 g/mol. The summed E-state index contributed by atoms with van der Waals surface area (Å²) in [6, 6.07) is 11.1. The highest BCUT2D eigenvalue weighted by molar-refractivity contribution is 7.90. The Morgan fingerprint density at radius 3 is 2.33 bits per heavy atom. The molecule has 12 heteroatoms.